The number of H-pyrrole nitrogens is 1. The lowest BCUT2D eigenvalue weighted by molar-refractivity contribution is 0.0690. The zero-order valence-corrected chi connectivity index (χ0v) is 11.6. The zero-order chi connectivity index (χ0) is 14.7. The molecule has 2 aromatic rings. The molecule has 1 heterocycles. The van der Waals surface area contributed by atoms with E-state index in [4.69, 9.17) is 14.6 Å². The second-order valence-corrected chi connectivity index (χ2v) is 4.14. The summed E-state index contributed by atoms with van der Waals surface area (Å²) in [7, 11) is 3.11. The van der Waals surface area contributed by atoms with Gasteiger partial charge >= 0.3 is 5.97 Å². The highest BCUT2D eigenvalue weighted by Crippen LogP contribution is 2.32. The Morgan fingerprint density at radius 1 is 1.35 bits per heavy atom. The van der Waals surface area contributed by atoms with E-state index in [9.17, 15) is 4.79 Å². The maximum Gasteiger partial charge on any atom is 0.356 e. The normalized spacial score (nSPS) is 10.3. The Balaban J connectivity index is 2.53. The molecular weight excluding hydrogens is 260 g/mol. The number of hydrogen-bond acceptors (Lipinski definition) is 4. The van der Waals surface area contributed by atoms with Crippen molar-refractivity contribution in [2.45, 2.75) is 13.3 Å². The van der Waals surface area contributed by atoms with Crippen molar-refractivity contribution < 1.29 is 19.4 Å². The number of imidazole rings is 1. The first-order valence-corrected chi connectivity index (χ1v) is 6.15. The summed E-state index contributed by atoms with van der Waals surface area (Å²) < 4.78 is 10.4. The van der Waals surface area contributed by atoms with Crippen molar-refractivity contribution in [2.75, 3.05) is 14.2 Å². The fraction of sp³-hybridized carbons (Fsp3) is 0.286. The molecule has 0 fully saturated rings. The molecule has 0 saturated heterocycles. The van der Waals surface area contributed by atoms with Crippen LogP contribution in [0.25, 0.3) is 11.4 Å². The summed E-state index contributed by atoms with van der Waals surface area (Å²) in [5.74, 6) is 0.652. The average molecular weight is 276 g/mol. The maximum absolute atomic E-state index is 11.1. The summed E-state index contributed by atoms with van der Waals surface area (Å²) in [5.41, 5.74) is 1.32. The predicted molar refractivity (Wildman–Crippen MR) is 73.5 cm³/mol. The van der Waals surface area contributed by atoms with E-state index in [1.807, 2.05) is 6.92 Å². The highest BCUT2D eigenvalue weighted by atomic mass is 16.5. The number of aromatic carboxylic acids is 1. The Morgan fingerprint density at radius 2 is 2.10 bits per heavy atom. The lowest BCUT2D eigenvalue weighted by Gasteiger charge is -2.08. The summed E-state index contributed by atoms with van der Waals surface area (Å²) in [4.78, 5) is 18.3. The number of hydrogen-bond donors (Lipinski definition) is 2. The van der Waals surface area contributed by atoms with Crippen molar-refractivity contribution >= 4 is 5.97 Å². The van der Waals surface area contributed by atoms with Gasteiger partial charge in [-0.25, -0.2) is 9.78 Å². The van der Waals surface area contributed by atoms with E-state index in [0.29, 0.717) is 35.0 Å². The topological polar surface area (TPSA) is 84.4 Å². The molecule has 1 aromatic carbocycles. The number of nitrogens with zero attached hydrogens (tertiary/aromatic N) is 1. The van der Waals surface area contributed by atoms with Crippen LogP contribution in [-0.2, 0) is 6.42 Å². The van der Waals surface area contributed by atoms with Crippen LogP contribution in [0.2, 0.25) is 0 Å². The molecule has 20 heavy (non-hydrogen) atoms. The minimum Gasteiger partial charge on any atom is -0.497 e. The maximum atomic E-state index is 11.1. The van der Waals surface area contributed by atoms with Crippen LogP contribution in [0.3, 0.4) is 0 Å². The molecule has 0 unspecified atom stereocenters. The Labute approximate surface area is 116 Å². The monoisotopic (exact) mass is 276 g/mol. The first-order chi connectivity index (χ1) is 9.60. The van der Waals surface area contributed by atoms with E-state index in [1.54, 1.807) is 32.4 Å². The quantitative estimate of drug-likeness (QED) is 0.875. The van der Waals surface area contributed by atoms with Crippen molar-refractivity contribution in [1.82, 2.24) is 9.97 Å². The summed E-state index contributed by atoms with van der Waals surface area (Å²) in [5, 5.41) is 9.13. The SMILES string of the molecule is CCc1[nH]c(-c2ccc(OC)cc2OC)nc1C(=O)O. The molecule has 0 saturated carbocycles. The molecule has 0 radical (unpaired) electrons. The van der Waals surface area contributed by atoms with Gasteiger partial charge in [-0.3, -0.25) is 0 Å². The van der Waals surface area contributed by atoms with Gasteiger partial charge in [0.05, 0.1) is 19.8 Å². The number of benzene rings is 1. The Bertz CT molecular complexity index is 634. The van der Waals surface area contributed by atoms with Crippen LogP contribution >= 0.6 is 0 Å². The van der Waals surface area contributed by atoms with Crippen LogP contribution in [0.1, 0.15) is 23.1 Å². The van der Waals surface area contributed by atoms with Gasteiger partial charge in [-0.05, 0) is 18.6 Å². The van der Waals surface area contributed by atoms with Gasteiger partial charge in [-0.15, -0.1) is 0 Å². The largest absolute Gasteiger partial charge is 0.497 e. The van der Waals surface area contributed by atoms with E-state index in [2.05, 4.69) is 9.97 Å². The predicted octanol–water partition coefficient (Wildman–Crippen LogP) is 2.35. The summed E-state index contributed by atoms with van der Waals surface area (Å²) >= 11 is 0. The zero-order valence-electron chi connectivity index (χ0n) is 11.6. The standard InChI is InChI=1S/C14H16N2O4/c1-4-10-12(14(17)18)16-13(15-10)9-6-5-8(19-2)7-11(9)20-3/h5-7H,4H2,1-3H3,(H,15,16)(H,17,18). The third-order valence-electron chi connectivity index (χ3n) is 3.00. The van der Waals surface area contributed by atoms with Crippen molar-refractivity contribution in [3.8, 4) is 22.9 Å². The van der Waals surface area contributed by atoms with Crippen molar-refractivity contribution in [1.29, 1.82) is 0 Å². The molecule has 6 heteroatoms. The van der Waals surface area contributed by atoms with Crippen LogP contribution in [-0.4, -0.2) is 35.3 Å². The molecule has 6 nitrogen and oxygen atoms in total. The molecule has 0 aliphatic carbocycles. The number of aromatic amines is 1. The second-order valence-electron chi connectivity index (χ2n) is 4.14. The summed E-state index contributed by atoms with van der Waals surface area (Å²) in [6.45, 7) is 1.87. The van der Waals surface area contributed by atoms with Crippen LogP contribution in [0.5, 0.6) is 11.5 Å². The van der Waals surface area contributed by atoms with Gasteiger partial charge in [0.25, 0.3) is 0 Å². The van der Waals surface area contributed by atoms with Gasteiger partial charge in [-0.2, -0.15) is 0 Å². The smallest absolute Gasteiger partial charge is 0.356 e. The number of aryl methyl sites for hydroxylation is 1. The fourth-order valence-corrected chi connectivity index (χ4v) is 1.96. The molecule has 106 valence electrons. The van der Waals surface area contributed by atoms with Crippen molar-refractivity contribution in [2.24, 2.45) is 0 Å². The number of carboxylic acid groups (broad SMARTS) is 1. The van der Waals surface area contributed by atoms with E-state index in [0.717, 1.165) is 0 Å². The molecule has 2 rings (SSSR count). The first kappa shape index (κ1) is 13.9. The first-order valence-electron chi connectivity index (χ1n) is 6.15. The molecule has 0 bridgehead atoms. The molecule has 1 aromatic heterocycles. The van der Waals surface area contributed by atoms with Gasteiger partial charge in [0.1, 0.15) is 17.3 Å². The van der Waals surface area contributed by atoms with Gasteiger partial charge in [-0.1, -0.05) is 6.92 Å². The number of aromatic nitrogens is 2. The number of ether oxygens (including phenoxy) is 2. The van der Waals surface area contributed by atoms with Gasteiger partial charge in [0.15, 0.2) is 5.69 Å². The number of carbonyl (C=O) groups is 1. The number of rotatable bonds is 5. The molecule has 2 N–H and O–H groups in total. The average Bonchev–Trinajstić information content (AvgIpc) is 2.90. The van der Waals surface area contributed by atoms with Crippen molar-refractivity contribution in [3.05, 3.63) is 29.6 Å². The molecule has 0 atom stereocenters. The van der Waals surface area contributed by atoms with Gasteiger partial charge in [0.2, 0.25) is 0 Å². The third-order valence-corrected chi connectivity index (χ3v) is 3.00. The van der Waals surface area contributed by atoms with Gasteiger partial charge < -0.3 is 19.6 Å². The summed E-state index contributed by atoms with van der Waals surface area (Å²) in [6, 6.07) is 5.28. The second kappa shape index (κ2) is 5.64. The highest BCUT2D eigenvalue weighted by Gasteiger charge is 2.18. The van der Waals surface area contributed by atoms with Crippen LogP contribution in [0.15, 0.2) is 18.2 Å². The minimum absolute atomic E-state index is 0.0420. The molecule has 0 amide bonds. The van der Waals surface area contributed by atoms with Crippen LogP contribution < -0.4 is 9.47 Å². The Kier molecular flexibility index (Phi) is 3.93. The lowest BCUT2D eigenvalue weighted by Crippen LogP contribution is -2.00. The molecule has 0 aliphatic rings. The van der Waals surface area contributed by atoms with E-state index < -0.39 is 5.97 Å². The number of nitrogens with one attached hydrogen (secondary N) is 1. The van der Waals surface area contributed by atoms with E-state index in [1.165, 1.54) is 0 Å². The van der Waals surface area contributed by atoms with Crippen LogP contribution in [0.4, 0.5) is 0 Å². The minimum atomic E-state index is -1.04. The number of methoxy groups -OCH3 is 2. The van der Waals surface area contributed by atoms with Crippen molar-refractivity contribution in [3.63, 3.8) is 0 Å². The van der Waals surface area contributed by atoms with Gasteiger partial charge in [0, 0.05) is 11.8 Å². The highest BCUT2D eigenvalue weighted by molar-refractivity contribution is 5.88. The van der Waals surface area contributed by atoms with E-state index >= 15 is 0 Å². The third kappa shape index (κ3) is 2.45. The Hall–Kier alpha value is -2.50. The summed E-state index contributed by atoms with van der Waals surface area (Å²) in [6.07, 6.45) is 0.563. The Morgan fingerprint density at radius 3 is 2.60 bits per heavy atom. The van der Waals surface area contributed by atoms with E-state index in [-0.39, 0.29) is 5.69 Å². The fourth-order valence-electron chi connectivity index (χ4n) is 1.96. The van der Waals surface area contributed by atoms with Crippen LogP contribution in [0, 0.1) is 0 Å². The molecule has 0 aliphatic heterocycles. The molecular formula is C14H16N2O4. The molecule has 0 spiro atoms. The number of carboxylic acids is 1. The lowest BCUT2D eigenvalue weighted by atomic mass is 10.2.